The number of rotatable bonds is 6. The highest BCUT2D eigenvalue weighted by molar-refractivity contribution is 5.78. The maximum absolute atomic E-state index is 13.1. The van der Waals surface area contributed by atoms with Crippen LogP contribution in [-0.4, -0.2) is 59.7 Å². The van der Waals surface area contributed by atoms with Crippen LogP contribution in [0.3, 0.4) is 0 Å². The van der Waals surface area contributed by atoms with Crippen molar-refractivity contribution >= 4 is 11.6 Å². The first-order valence-electron chi connectivity index (χ1n) is 11.2. The number of carbonyl (C=O) groups is 1. The lowest BCUT2D eigenvalue weighted by atomic mass is 9.75. The van der Waals surface area contributed by atoms with Crippen LogP contribution in [-0.2, 0) is 15.1 Å². The second kappa shape index (κ2) is 8.40. The van der Waals surface area contributed by atoms with Crippen LogP contribution in [0.1, 0.15) is 43.4 Å². The Kier molecular flexibility index (Phi) is 5.43. The predicted octanol–water partition coefficient (Wildman–Crippen LogP) is 2.63. The van der Waals surface area contributed by atoms with E-state index in [1.807, 2.05) is 29.3 Å². The Hall–Kier alpha value is -3.18. The smallest absolute Gasteiger partial charge is 0.248 e. The van der Waals surface area contributed by atoms with E-state index in [9.17, 15) is 10.1 Å². The normalized spacial score (nSPS) is 23.4. The summed E-state index contributed by atoms with van der Waals surface area (Å²) in [4.78, 5) is 25.7. The molecule has 2 saturated heterocycles. The molecule has 8 nitrogen and oxygen atoms in total. The summed E-state index contributed by atoms with van der Waals surface area (Å²) in [6, 6.07) is 8.38. The number of carbonyl (C=O) groups excluding carboxylic acids is 1. The van der Waals surface area contributed by atoms with Crippen LogP contribution < -0.4 is 9.64 Å². The second-order valence-corrected chi connectivity index (χ2v) is 8.85. The largest absolute Gasteiger partial charge is 0.495 e. The average molecular weight is 434 g/mol. The van der Waals surface area contributed by atoms with Crippen molar-refractivity contribution in [2.75, 3.05) is 31.7 Å². The van der Waals surface area contributed by atoms with Crippen LogP contribution >= 0.6 is 0 Å². The summed E-state index contributed by atoms with van der Waals surface area (Å²) >= 11 is 0. The van der Waals surface area contributed by atoms with Gasteiger partial charge in [0.2, 0.25) is 5.91 Å². The lowest BCUT2D eigenvalue weighted by molar-refractivity contribution is -0.154. The number of pyridine rings is 2. The molecule has 1 amide bonds. The van der Waals surface area contributed by atoms with Crippen molar-refractivity contribution in [1.29, 1.82) is 5.26 Å². The molecule has 1 aliphatic carbocycles. The molecular formula is C24H27N5O3. The topological polar surface area (TPSA) is 91.6 Å². The number of hydrogen-bond acceptors (Lipinski definition) is 7. The number of piperazine rings is 1. The van der Waals surface area contributed by atoms with E-state index in [0.717, 1.165) is 43.4 Å². The highest BCUT2D eigenvalue weighted by Crippen LogP contribution is 2.45. The lowest BCUT2D eigenvalue weighted by Gasteiger charge is -2.44. The summed E-state index contributed by atoms with van der Waals surface area (Å²) in [6.45, 7) is 1.43. The van der Waals surface area contributed by atoms with Gasteiger partial charge in [-0.1, -0.05) is 0 Å². The molecule has 0 spiro atoms. The third kappa shape index (κ3) is 3.67. The molecule has 0 radical (unpaired) electrons. The van der Waals surface area contributed by atoms with Crippen molar-refractivity contribution < 1.29 is 14.3 Å². The molecule has 2 aromatic rings. The highest BCUT2D eigenvalue weighted by Gasteiger charge is 2.44. The number of fused-ring (bicyclic) bond motifs is 2. The second-order valence-electron chi connectivity index (χ2n) is 8.85. The number of methoxy groups -OCH3 is 1. The summed E-state index contributed by atoms with van der Waals surface area (Å²) in [5.74, 6) is 0.739. The molecule has 3 fully saturated rings. The number of hydrogen-bond donors (Lipinski definition) is 0. The number of anilines is 1. The van der Waals surface area contributed by atoms with Gasteiger partial charge in [-0.25, -0.2) is 4.98 Å². The molecule has 32 heavy (non-hydrogen) atoms. The van der Waals surface area contributed by atoms with Gasteiger partial charge in [-0.15, -0.1) is 0 Å². The monoisotopic (exact) mass is 433 g/mol. The minimum absolute atomic E-state index is 0.0381. The Bertz CT molecular complexity index is 1030. The minimum atomic E-state index is -0.442. The van der Waals surface area contributed by atoms with Gasteiger partial charge in [-0.2, -0.15) is 5.26 Å². The third-order valence-electron chi connectivity index (χ3n) is 7.10. The van der Waals surface area contributed by atoms with E-state index in [-0.39, 0.29) is 24.6 Å². The third-order valence-corrected chi connectivity index (χ3v) is 7.10. The number of nitriles is 1. The first-order valence-corrected chi connectivity index (χ1v) is 11.2. The van der Waals surface area contributed by atoms with E-state index in [1.165, 1.54) is 0 Å². The van der Waals surface area contributed by atoms with Crippen LogP contribution in [0.5, 0.6) is 5.75 Å². The van der Waals surface area contributed by atoms with Gasteiger partial charge in [0, 0.05) is 48.8 Å². The molecule has 166 valence electrons. The number of aromatic nitrogens is 2. The first kappa shape index (κ1) is 20.7. The van der Waals surface area contributed by atoms with Crippen molar-refractivity contribution in [3.63, 3.8) is 0 Å². The maximum Gasteiger partial charge on any atom is 0.248 e. The van der Waals surface area contributed by atoms with Gasteiger partial charge in [0.25, 0.3) is 0 Å². The van der Waals surface area contributed by atoms with E-state index in [2.05, 4.69) is 20.9 Å². The summed E-state index contributed by atoms with van der Waals surface area (Å²) in [5.41, 5.74) is 1.98. The predicted molar refractivity (Wildman–Crippen MR) is 117 cm³/mol. The fraction of sp³-hybridized carbons (Fsp3) is 0.500. The molecule has 1 saturated carbocycles. The number of likely N-dealkylation sites (tertiary alicyclic amines) is 1. The number of nitrogens with zero attached hydrogens (tertiary/aromatic N) is 5. The first-order chi connectivity index (χ1) is 15.6. The minimum Gasteiger partial charge on any atom is -0.495 e. The SMILES string of the molecule is COc1cncc(C2(OCC(=O)N3CC4CCC(C3)N4c3ccnc(C#N)c3)CCC2)c1. The standard InChI is InChI=1S/C24H27N5O3/c1-31-22-9-17(12-26-13-22)24(6-2-7-24)32-16-23(30)28-14-20-3-4-21(15-28)29(20)19-5-8-27-18(10-19)11-25/h5,8-10,12-13,20-21H,2-4,6-7,14-16H2,1H3. The molecule has 5 rings (SSSR count). The zero-order valence-corrected chi connectivity index (χ0v) is 18.2. The Morgan fingerprint density at radius 1 is 1.25 bits per heavy atom. The van der Waals surface area contributed by atoms with Crippen LogP contribution in [0.2, 0.25) is 0 Å². The van der Waals surface area contributed by atoms with Crippen molar-refractivity contribution in [2.24, 2.45) is 0 Å². The van der Waals surface area contributed by atoms with Gasteiger partial charge in [0.15, 0.2) is 0 Å². The Balaban J connectivity index is 1.24. The Morgan fingerprint density at radius 2 is 2.03 bits per heavy atom. The van der Waals surface area contributed by atoms with E-state index in [4.69, 9.17) is 9.47 Å². The van der Waals surface area contributed by atoms with Crippen molar-refractivity contribution in [2.45, 2.75) is 49.8 Å². The molecule has 2 atom stereocenters. The molecule has 4 heterocycles. The maximum atomic E-state index is 13.1. The number of amides is 1. The van der Waals surface area contributed by atoms with Gasteiger partial charge in [-0.3, -0.25) is 9.78 Å². The average Bonchev–Trinajstić information content (AvgIpc) is 3.07. The fourth-order valence-corrected chi connectivity index (χ4v) is 5.25. The van der Waals surface area contributed by atoms with E-state index < -0.39 is 5.60 Å². The van der Waals surface area contributed by atoms with Crippen LogP contribution in [0.25, 0.3) is 0 Å². The summed E-state index contributed by atoms with van der Waals surface area (Å²) in [5, 5.41) is 9.18. The van der Waals surface area contributed by atoms with Gasteiger partial charge < -0.3 is 19.3 Å². The molecule has 2 aromatic heterocycles. The lowest BCUT2D eigenvalue weighted by Crippen LogP contribution is -2.56. The van der Waals surface area contributed by atoms with Crippen molar-refractivity contribution in [3.8, 4) is 11.8 Å². The van der Waals surface area contributed by atoms with E-state index in [0.29, 0.717) is 24.5 Å². The molecule has 2 aliphatic heterocycles. The van der Waals surface area contributed by atoms with Gasteiger partial charge in [-0.05, 0) is 50.3 Å². The van der Waals surface area contributed by atoms with E-state index in [1.54, 1.807) is 19.5 Å². The summed E-state index contributed by atoms with van der Waals surface area (Å²) in [6.07, 6.45) is 10.1. The molecule has 2 unspecified atom stereocenters. The zero-order valence-electron chi connectivity index (χ0n) is 18.2. The quantitative estimate of drug-likeness (QED) is 0.691. The Morgan fingerprint density at radius 3 is 2.69 bits per heavy atom. The van der Waals surface area contributed by atoms with Crippen LogP contribution in [0.15, 0.2) is 36.8 Å². The summed E-state index contributed by atoms with van der Waals surface area (Å²) < 4.78 is 11.6. The molecule has 2 bridgehead atoms. The number of ether oxygens (including phenoxy) is 2. The molecule has 0 N–H and O–H groups in total. The van der Waals surface area contributed by atoms with Crippen molar-refractivity contribution in [3.05, 3.63) is 48.0 Å². The van der Waals surface area contributed by atoms with Gasteiger partial charge in [0.05, 0.1) is 18.9 Å². The van der Waals surface area contributed by atoms with E-state index >= 15 is 0 Å². The molecule has 3 aliphatic rings. The fourth-order valence-electron chi connectivity index (χ4n) is 5.25. The zero-order chi connectivity index (χ0) is 22.1. The summed E-state index contributed by atoms with van der Waals surface area (Å²) in [7, 11) is 1.62. The van der Waals surface area contributed by atoms with Crippen LogP contribution in [0, 0.1) is 11.3 Å². The molecule has 0 aromatic carbocycles. The van der Waals surface area contributed by atoms with Crippen LogP contribution in [0.4, 0.5) is 5.69 Å². The van der Waals surface area contributed by atoms with Crippen molar-refractivity contribution in [1.82, 2.24) is 14.9 Å². The van der Waals surface area contributed by atoms with Gasteiger partial charge in [0.1, 0.15) is 24.1 Å². The van der Waals surface area contributed by atoms with Gasteiger partial charge >= 0.3 is 0 Å². The Labute approximate surface area is 187 Å². The molecular weight excluding hydrogens is 406 g/mol. The highest BCUT2D eigenvalue weighted by atomic mass is 16.5. The molecule has 8 heteroatoms.